The molecule has 0 atom stereocenters. The standard InChI is InChI=1S/C13H15N3OS/c17-13(15-6-9-5-14-8-16-9)11-7-18-12-4-2-1-3-10(11)12/h5,7-8H,1-4,6H2,(H,14,16)(H,15,17). The minimum absolute atomic E-state index is 0.0315. The molecule has 0 aliphatic heterocycles. The number of aromatic amines is 1. The Balaban J connectivity index is 1.70. The smallest absolute Gasteiger partial charge is 0.252 e. The first-order chi connectivity index (χ1) is 8.84. The number of fused-ring (bicyclic) bond motifs is 1. The van der Waals surface area contributed by atoms with Crippen molar-refractivity contribution < 1.29 is 4.79 Å². The second-order valence-corrected chi connectivity index (χ2v) is 5.48. The number of amides is 1. The van der Waals surface area contributed by atoms with E-state index in [2.05, 4.69) is 15.3 Å². The van der Waals surface area contributed by atoms with Gasteiger partial charge in [0.05, 0.1) is 24.1 Å². The fourth-order valence-electron chi connectivity index (χ4n) is 2.34. The Kier molecular flexibility index (Phi) is 3.15. The predicted molar refractivity (Wildman–Crippen MR) is 70.7 cm³/mol. The van der Waals surface area contributed by atoms with Gasteiger partial charge in [-0.3, -0.25) is 4.79 Å². The molecule has 2 heterocycles. The second kappa shape index (κ2) is 4.94. The zero-order valence-electron chi connectivity index (χ0n) is 10.0. The van der Waals surface area contributed by atoms with Gasteiger partial charge >= 0.3 is 0 Å². The minimum Gasteiger partial charge on any atom is -0.347 e. The molecule has 2 N–H and O–H groups in total. The molecule has 94 valence electrons. The quantitative estimate of drug-likeness (QED) is 0.890. The average Bonchev–Trinajstić information content (AvgIpc) is 3.05. The van der Waals surface area contributed by atoms with Gasteiger partial charge in [-0.25, -0.2) is 4.98 Å². The van der Waals surface area contributed by atoms with Crippen molar-refractivity contribution in [3.63, 3.8) is 0 Å². The predicted octanol–water partition coefficient (Wildman–Crippen LogP) is 2.28. The van der Waals surface area contributed by atoms with Crippen molar-refractivity contribution in [1.82, 2.24) is 15.3 Å². The van der Waals surface area contributed by atoms with Crippen LogP contribution in [0.5, 0.6) is 0 Å². The second-order valence-electron chi connectivity index (χ2n) is 4.52. The fourth-order valence-corrected chi connectivity index (χ4v) is 3.46. The van der Waals surface area contributed by atoms with E-state index in [1.165, 1.54) is 23.3 Å². The van der Waals surface area contributed by atoms with Crippen LogP contribution in [0.1, 0.15) is 39.3 Å². The van der Waals surface area contributed by atoms with Gasteiger partial charge in [0.2, 0.25) is 0 Å². The first kappa shape index (κ1) is 11.5. The molecule has 2 aromatic heterocycles. The Labute approximate surface area is 109 Å². The molecular formula is C13H15N3OS. The number of hydrogen-bond acceptors (Lipinski definition) is 3. The van der Waals surface area contributed by atoms with Crippen molar-refractivity contribution in [2.45, 2.75) is 32.2 Å². The summed E-state index contributed by atoms with van der Waals surface area (Å²) in [5.74, 6) is 0.0315. The summed E-state index contributed by atoms with van der Waals surface area (Å²) in [7, 11) is 0. The summed E-state index contributed by atoms with van der Waals surface area (Å²) < 4.78 is 0. The highest BCUT2D eigenvalue weighted by Crippen LogP contribution is 2.30. The molecule has 18 heavy (non-hydrogen) atoms. The van der Waals surface area contributed by atoms with Crippen LogP contribution in [0.3, 0.4) is 0 Å². The van der Waals surface area contributed by atoms with Gasteiger partial charge in [0.1, 0.15) is 0 Å². The lowest BCUT2D eigenvalue weighted by molar-refractivity contribution is 0.0950. The van der Waals surface area contributed by atoms with Crippen molar-refractivity contribution in [1.29, 1.82) is 0 Å². The molecule has 0 saturated carbocycles. The topological polar surface area (TPSA) is 57.8 Å². The van der Waals surface area contributed by atoms with Crippen LogP contribution in [-0.4, -0.2) is 15.9 Å². The average molecular weight is 261 g/mol. The van der Waals surface area contributed by atoms with Gasteiger partial charge in [0, 0.05) is 16.5 Å². The number of H-pyrrole nitrogens is 1. The summed E-state index contributed by atoms with van der Waals surface area (Å²) in [5.41, 5.74) is 3.06. The Morgan fingerprint density at radius 3 is 3.17 bits per heavy atom. The van der Waals surface area contributed by atoms with E-state index in [0.29, 0.717) is 6.54 Å². The van der Waals surface area contributed by atoms with Crippen molar-refractivity contribution in [3.05, 3.63) is 39.6 Å². The molecule has 0 aromatic carbocycles. The Morgan fingerprint density at radius 1 is 1.44 bits per heavy atom. The van der Waals surface area contributed by atoms with E-state index < -0.39 is 0 Å². The molecule has 4 nitrogen and oxygen atoms in total. The van der Waals surface area contributed by atoms with Gasteiger partial charge in [-0.2, -0.15) is 0 Å². The number of carbonyl (C=O) groups is 1. The molecule has 1 aliphatic carbocycles. The van der Waals surface area contributed by atoms with Crippen molar-refractivity contribution >= 4 is 17.2 Å². The van der Waals surface area contributed by atoms with Crippen molar-refractivity contribution in [3.8, 4) is 0 Å². The summed E-state index contributed by atoms with van der Waals surface area (Å²) in [6.45, 7) is 0.503. The number of hydrogen-bond donors (Lipinski definition) is 2. The Morgan fingerprint density at radius 2 is 2.33 bits per heavy atom. The molecule has 2 aromatic rings. The zero-order valence-corrected chi connectivity index (χ0v) is 10.8. The number of nitrogens with one attached hydrogen (secondary N) is 2. The van der Waals surface area contributed by atoms with Crippen LogP contribution in [0, 0.1) is 0 Å². The van der Waals surface area contributed by atoms with E-state index in [1.54, 1.807) is 23.9 Å². The van der Waals surface area contributed by atoms with E-state index in [0.717, 1.165) is 24.1 Å². The molecule has 1 aliphatic rings. The third-order valence-corrected chi connectivity index (χ3v) is 4.39. The fraction of sp³-hybridized carbons (Fsp3) is 0.385. The van der Waals surface area contributed by atoms with E-state index >= 15 is 0 Å². The molecule has 3 rings (SSSR count). The van der Waals surface area contributed by atoms with E-state index in [1.807, 2.05) is 5.38 Å². The van der Waals surface area contributed by atoms with E-state index in [9.17, 15) is 4.79 Å². The third kappa shape index (κ3) is 2.18. The molecule has 0 bridgehead atoms. The lowest BCUT2D eigenvalue weighted by Crippen LogP contribution is -2.24. The van der Waals surface area contributed by atoms with Crippen LogP contribution in [0.15, 0.2) is 17.9 Å². The van der Waals surface area contributed by atoms with Gasteiger partial charge in [0.25, 0.3) is 5.91 Å². The van der Waals surface area contributed by atoms with Crippen LogP contribution in [-0.2, 0) is 19.4 Å². The molecule has 0 fully saturated rings. The normalized spacial score (nSPS) is 14.2. The highest BCUT2D eigenvalue weighted by molar-refractivity contribution is 7.10. The van der Waals surface area contributed by atoms with Gasteiger partial charge in [0.15, 0.2) is 0 Å². The lowest BCUT2D eigenvalue weighted by atomic mass is 9.96. The number of carbonyl (C=O) groups excluding carboxylic acids is 1. The molecule has 0 saturated heterocycles. The Hall–Kier alpha value is -1.62. The van der Waals surface area contributed by atoms with Crippen LogP contribution < -0.4 is 5.32 Å². The highest BCUT2D eigenvalue weighted by Gasteiger charge is 2.19. The van der Waals surface area contributed by atoms with E-state index in [-0.39, 0.29) is 5.91 Å². The third-order valence-electron chi connectivity index (χ3n) is 3.30. The lowest BCUT2D eigenvalue weighted by Gasteiger charge is -2.12. The number of aryl methyl sites for hydroxylation is 1. The first-order valence-corrected chi connectivity index (χ1v) is 7.07. The van der Waals surface area contributed by atoms with Crippen LogP contribution in [0.2, 0.25) is 0 Å². The maximum Gasteiger partial charge on any atom is 0.252 e. The van der Waals surface area contributed by atoms with Crippen molar-refractivity contribution in [2.75, 3.05) is 0 Å². The van der Waals surface area contributed by atoms with E-state index in [4.69, 9.17) is 0 Å². The minimum atomic E-state index is 0.0315. The van der Waals surface area contributed by atoms with Gasteiger partial charge in [-0.05, 0) is 31.2 Å². The molecule has 0 unspecified atom stereocenters. The summed E-state index contributed by atoms with van der Waals surface area (Å²) in [4.78, 5) is 20.4. The largest absolute Gasteiger partial charge is 0.347 e. The van der Waals surface area contributed by atoms with Crippen molar-refractivity contribution in [2.24, 2.45) is 0 Å². The molecule has 5 heteroatoms. The van der Waals surface area contributed by atoms with Gasteiger partial charge in [-0.15, -0.1) is 11.3 Å². The maximum absolute atomic E-state index is 12.1. The molecular weight excluding hydrogens is 246 g/mol. The maximum atomic E-state index is 12.1. The SMILES string of the molecule is O=C(NCc1cnc[nH]1)c1csc2c1CCCC2. The summed E-state index contributed by atoms with van der Waals surface area (Å²) in [6.07, 6.45) is 7.98. The Bertz CT molecular complexity index is 545. The van der Waals surface area contributed by atoms with Crippen LogP contribution in [0.4, 0.5) is 0 Å². The number of nitrogens with zero attached hydrogens (tertiary/aromatic N) is 1. The van der Waals surface area contributed by atoms with Crippen LogP contribution in [0.25, 0.3) is 0 Å². The zero-order chi connectivity index (χ0) is 12.4. The monoisotopic (exact) mass is 261 g/mol. The summed E-state index contributed by atoms with van der Waals surface area (Å²) in [5, 5.41) is 4.93. The number of rotatable bonds is 3. The van der Waals surface area contributed by atoms with Gasteiger partial charge in [-0.1, -0.05) is 0 Å². The number of imidazole rings is 1. The summed E-state index contributed by atoms with van der Waals surface area (Å²) in [6, 6.07) is 0. The molecule has 0 spiro atoms. The molecule has 1 amide bonds. The van der Waals surface area contributed by atoms with Gasteiger partial charge < -0.3 is 10.3 Å². The number of thiophene rings is 1. The highest BCUT2D eigenvalue weighted by atomic mass is 32.1. The first-order valence-electron chi connectivity index (χ1n) is 6.19. The number of aromatic nitrogens is 2. The van der Waals surface area contributed by atoms with Crippen LogP contribution >= 0.6 is 11.3 Å². The summed E-state index contributed by atoms with van der Waals surface area (Å²) >= 11 is 1.72. The molecule has 0 radical (unpaired) electrons.